The second-order valence-electron chi connectivity index (χ2n) is 3.82. The van der Waals surface area contributed by atoms with E-state index >= 15 is 0 Å². The van der Waals surface area contributed by atoms with Crippen LogP contribution in [0.15, 0.2) is 30.5 Å². The Bertz CT molecular complexity index is 545. The molecule has 0 aliphatic carbocycles. The summed E-state index contributed by atoms with van der Waals surface area (Å²) in [4.78, 5) is 11.6. The van der Waals surface area contributed by atoms with Crippen molar-refractivity contribution in [1.82, 2.24) is 4.57 Å². The number of para-hydroxylation sites is 1. The molecule has 4 heteroatoms. The monoisotopic (exact) mass is 233 g/mol. The van der Waals surface area contributed by atoms with Crippen LogP contribution in [-0.2, 0) is 9.53 Å². The van der Waals surface area contributed by atoms with E-state index in [0.717, 1.165) is 16.7 Å². The van der Waals surface area contributed by atoms with Gasteiger partial charge in [0, 0.05) is 11.6 Å². The van der Waals surface area contributed by atoms with E-state index in [9.17, 15) is 4.79 Å². The van der Waals surface area contributed by atoms with Crippen molar-refractivity contribution in [3.63, 3.8) is 0 Å². The largest absolute Gasteiger partial charge is 0.495 e. The van der Waals surface area contributed by atoms with Crippen LogP contribution < -0.4 is 4.74 Å². The van der Waals surface area contributed by atoms with Crippen molar-refractivity contribution in [3.05, 3.63) is 30.5 Å². The van der Waals surface area contributed by atoms with Crippen LogP contribution in [0, 0.1) is 0 Å². The first-order valence-electron chi connectivity index (χ1n) is 5.40. The molecule has 1 aromatic heterocycles. The summed E-state index contributed by atoms with van der Waals surface area (Å²) < 4.78 is 11.9. The van der Waals surface area contributed by atoms with Crippen molar-refractivity contribution in [2.45, 2.75) is 13.0 Å². The first kappa shape index (κ1) is 11.5. The molecule has 0 saturated carbocycles. The molecule has 0 amide bonds. The lowest BCUT2D eigenvalue weighted by molar-refractivity contribution is -0.143. The Morgan fingerprint density at radius 2 is 2.00 bits per heavy atom. The standard InChI is InChI=1S/C13H15NO3/c1-9(13(15)17-3)14-8-12(16-2)10-6-4-5-7-11(10)14/h4-9H,1-3H3. The van der Waals surface area contributed by atoms with Gasteiger partial charge >= 0.3 is 5.97 Å². The molecule has 1 heterocycles. The fraction of sp³-hybridized carbons (Fsp3) is 0.308. The van der Waals surface area contributed by atoms with E-state index in [-0.39, 0.29) is 12.0 Å². The van der Waals surface area contributed by atoms with Gasteiger partial charge in [-0.15, -0.1) is 0 Å². The van der Waals surface area contributed by atoms with Crippen LogP contribution in [0.3, 0.4) is 0 Å². The highest BCUT2D eigenvalue weighted by Gasteiger charge is 2.19. The Morgan fingerprint density at radius 3 is 2.65 bits per heavy atom. The van der Waals surface area contributed by atoms with E-state index in [1.54, 1.807) is 14.0 Å². The lowest BCUT2D eigenvalue weighted by Crippen LogP contribution is -2.16. The third-order valence-electron chi connectivity index (χ3n) is 2.88. The van der Waals surface area contributed by atoms with Crippen molar-refractivity contribution >= 4 is 16.9 Å². The van der Waals surface area contributed by atoms with Crippen LogP contribution in [0.4, 0.5) is 0 Å². The molecule has 0 fully saturated rings. The maximum atomic E-state index is 11.6. The molecule has 1 atom stereocenters. The minimum absolute atomic E-state index is 0.270. The number of esters is 1. The maximum Gasteiger partial charge on any atom is 0.328 e. The fourth-order valence-electron chi connectivity index (χ4n) is 1.94. The van der Waals surface area contributed by atoms with Crippen LogP contribution in [0.25, 0.3) is 10.9 Å². The summed E-state index contributed by atoms with van der Waals surface area (Å²) in [6.07, 6.45) is 1.83. The molecule has 0 bridgehead atoms. The summed E-state index contributed by atoms with van der Waals surface area (Å²) >= 11 is 0. The maximum absolute atomic E-state index is 11.6. The van der Waals surface area contributed by atoms with E-state index in [2.05, 4.69) is 0 Å². The van der Waals surface area contributed by atoms with Crippen molar-refractivity contribution in [2.75, 3.05) is 14.2 Å². The van der Waals surface area contributed by atoms with Crippen molar-refractivity contribution in [3.8, 4) is 5.75 Å². The number of carbonyl (C=O) groups is 1. The number of nitrogens with zero attached hydrogens (tertiary/aromatic N) is 1. The van der Waals surface area contributed by atoms with E-state index in [4.69, 9.17) is 9.47 Å². The first-order chi connectivity index (χ1) is 8.19. The van der Waals surface area contributed by atoms with Gasteiger partial charge in [-0.2, -0.15) is 0 Å². The second-order valence-corrected chi connectivity index (χ2v) is 3.82. The summed E-state index contributed by atoms with van der Waals surface area (Å²) in [5.41, 5.74) is 0.960. The number of fused-ring (bicyclic) bond motifs is 1. The van der Waals surface area contributed by atoms with Gasteiger partial charge in [0.05, 0.1) is 19.7 Å². The second kappa shape index (κ2) is 4.49. The number of hydrogen-bond acceptors (Lipinski definition) is 3. The predicted molar refractivity (Wildman–Crippen MR) is 65.2 cm³/mol. The summed E-state index contributed by atoms with van der Waals surface area (Å²) in [5.74, 6) is 0.491. The molecular formula is C13H15NO3. The van der Waals surface area contributed by atoms with E-state index < -0.39 is 0 Å². The van der Waals surface area contributed by atoms with Crippen molar-refractivity contribution < 1.29 is 14.3 Å². The molecule has 1 aromatic carbocycles. The molecule has 0 radical (unpaired) electrons. The van der Waals surface area contributed by atoms with Crippen LogP contribution in [-0.4, -0.2) is 24.8 Å². The summed E-state index contributed by atoms with van der Waals surface area (Å²) in [7, 11) is 3.01. The van der Waals surface area contributed by atoms with E-state index in [1.165, 1.54) is 7.11 Å². The molecule has 0 aliphatic rings. The average Bonchev–Trinajstić information content (AvgIpc) is 2.75. The van der Waals surface area contributed by atoms with Gasteiger partial charge in [-0.3, -0.25) is 0 Å². The number of aromatic nitrogens is 1. The first-order valence-corrected chi connectivity index (χ1v) is 5.40. The molecule has 0 spiro atoms. The highest BCUT2D eigenvalue weighted by molar-refractivity contribution is 5.88. The third-order valence-corrected chi connectivity index (χ3v) is 2.88. The Labute approximate surface area is 99.7 Å². The Balaban J connectivity index is 2.58. The molecular weight excluding hydrogens is 218 g/mol. The van der Waals surface area contributed by atoms with Gasteiger partial charge in [-0.05, 0) is 19.1 Å². The lowest BCUT2D eigenvalue weighted by Gasteiger charge is -2.12. The number of hydrogen-bond donors (Lipinski definition) is 0. The molecule has 1 unspecified atom stereocenters. The predicted octanol–water partition coefficient (Wildman–Crippen LogP) is 2.38. The summed E-state index contributed by atoms with van der Waals surface area (Å²) in [6, 6.07) is 7.43. The summed E-state index contributed by atoms with van der Waals surface area (Å²) in [6.45, 7) is 1.80. The van der Waals surface area contributed by atoms with Gasteiger partial charge in [0.15, 0.2) is 0 Å². The Kier molecular flexibility index (Phi) is 3.04. The summed E-state index contributed by atoms with van der Waals surface area (Å²) in [5, 5.41) is 0.991. The zero-order valence-corrected chi connectivity index (χ0v) is 10.1. The smallest absolute Gasteiger partial charge is 0.328 e. The van der Waals surface area contributed by atoms with E-state index in [0.29, 0.717) is 0 Å². The normalized spacial score (nSPS) is 12.4. The molecule has 0 aliphatic heterocycles. The topological polar surface area (TPSA) is 40.5 Å². The average molecular weight is 233 g/mol. The SMILES string of the molecule is COC(=O)C(C)n1cc(OC)c2ccccc21. The number of ether oxygens (including phenoxy) is 2. The number of benzene rings is 1. The van der Waals surface area contributed by atoms with Gasteiger partial charge in [0.2, 0.25) is 0 Å². The van der Waals surface area contributed by atoms with Crippen LogP contribution in [0.5, 0.6) is 5.75 Å². The minimum Gasteiger partial charge on any atom is -0.495 e. The molecule has 0 N–H and O–H groups in total. The van der Waals surface area contributed by atoms with Gasteiger partial charge in [-0.25, -0.2) is 4.79 Å². The molecule has 4 nitrogen and oxygen atoms in total. The fourth-order valence-corrected chi connectivity index (χ4v) is 1.94. The van der Waals surface area contributed by atoms with Crippen LogP contribution in [0.1, 0.15) is 13.0 Å². The van der Waals surface area contributed by atoms with E-state index in [1.807, 2.05) is 35.0 Å². The molecule has 90 valence electrons. The molecule has 2 aromatic rings. The number of methoxy groups -OCH3 is 2. The van der Waals surface area contributed by atoms with Gasteiger partial charge in [0.1, 0.15) is 11.8 Å². The van der Waals surface area contributed by atoms with Gasteiger partial charge < -0.3 is 14.0 Å². The Hall–Kier alpha value is -1.97. The zero-order valence-electron chi connectivity index (χ0n) is 10.1. The van der Waals surface area contributed by atoms with Crippen LogP contribution in [0.2, 0.25) is 0 Å². The highest BCUT2D eigenvalue weighted by Crippen LogP contribution is 2.30. The quantitative estimate of drug-likeness (QED) is 0.764. The lowest BCUT2D eigenvalue weighted by atomic mass is 10.2. The third kappa shape index (κ3) is 1.86. The number of rotatable bonds is 3. The van der Waals surface area contributed by atoms with Gasteiger partial charge in [-0.1, -0.05) is 12.1 Å². The van der Waals surface area contributed by atoms with Crippen LogP contribution >= 0.6 is 0 Å². The Morgan fingerprint density at radius 1 is 1.29 bits per heavy atom. The zero-order chi connectivity index (χ0) is 12.4. The van der Waals surface area contributed by atoms with Crippen molar-refractivity contribution in [1.29, 1.82) is 0 Å². The highest BCUT2D eigenvalue weighted by atomic mass is 16.5. The van der Waals surface area contributed by atoms with Crippen molar-refractivity contribution in [2.24, 2.45) is 0 Å². The molecule has 17 heavy (non-hydrogen) atoms. The molecule has 0 saturated heterocycles. The molecule has 2 rings (SSSR count). The number of carbonyl (C=O) groups excluding carboxylic acids is 1. The minimum atomic E-state index is -0.367. The van der Waals surface area contributed by atoms with Gasteiger partial charge in [0.25, 0.3) is 0 Å².